The van der Waals surface area contributed by atoms with Crippen LogP contribution in [0, 0.1) is 5.82 Å². The monoisotopic (exact) mass is 207 g/mol. The van der Waals surface area contributed by atoms with Crippen molar-refractivity contribution in [1.29, 1.82) is 0 Å². The fourth-order valence-electron chi connectivity index (χ4n) is 1.25. The molecular formula is C10H10FN3O. The number of nitrogens with zero attached hydrogens (tertiary/aromatic N) is 2. The van der Waals surface area contributed by atoms with Gasteiger partial charge in [-0.3, -0.25) is 9.97 Å². The molecule has 0 saturated carbocycles. The number of rotatable bonds is 3. The lowest BCUT2D eigenvalue weighted by atomic mass is 10.2. The van der Waals surface area contributed by atoms with Crippen LogP contribution in [0.25, 0.3) is 11.0 Å². The zero-order chi connectivity index (χ0) is 10.7. The van der Waals surface area contributed by atoms with E-state index >= 15 is 0 Å². The third-order valence-electron chi connectivity index (χ3n) is 1.90. The molecule has 1 aromatic heterocycles. The summed E-state index contributed by atoms with van der Waals surface area (Å²) >= 11 is 0. The topological polar surface area (TPSA) is 61.0 Å². The Kier molecular flexibility index (Phi) is 2.73. The molecule has 2 aromatic rings. The molecule has 2 N–H and O–H groups in total. The van der Waals surface area contributed by atoms with Gasteiger partial charge < -0.3 is 10.5 Å². The maximum absolute atomic E-state index is 13.4. The highest BCUT2D eigenvalue weighted by molar-refractivity contribution is 5.75. The van der Waals surface area contributed by atoms with Gasteiger partial charge in [0.15, 0.2) is 11.6 Å². The molecule has 0 aliphatic carbocycles. The number of fused-ring (bicyclic) bond motifs is 1. The van der Waals surface area contributed by atoms with Crippen LogP contribution in [0.15, 0.2) is 24.5 Å². The first-order valence-corrected chi connectivity index (χ1v) is 4.54. The maximum Gasteiger partial charge on any atom is 0.167 e. The number of halogens is 1. The predicted octanol–water partition coefficient (Wildman–Crippen LogP) is 1.11. The number of aromatic nitrogens is 2. The first kappa shape index (κ1) is 9.79. The molecule has 1 heterocycles. The van der Waals surface area contributed by atoms with E-state index in [1.807, 2.05) is 0 Å². The third-order valence-corrected chi connectivity index (χ3v) is 1.90. The summed E-state index contributed by atoms with van der Waals surface area (Å²) in [5.41, 5.74) is 6.38. The van der Waals surface area contributed by atoms with Gasteiger partial charge in [-0.25, -0.2) is 4.39 Å². The van der Waals surface area contributed by atoms with Crippen molar-refractivity contribution in [3.05, 3.63) is 30.3 Å². The van der Waals surface area contributed by atoms with Crippen molar-refractivity contribution in [3.63, 3.8) is 0 Å². The van der Waals surface area contributed by atoms with E-state index < -0.39 is 5.82 Å². The van der Waals surface area contributed by atoms with Crippen LogP contribution in [0.4, 0.5) is 4.39 Å². The zero-order valence-electron chi connectivity index (χ0n) is 7.98. The molecule has 15 heavy (non-hydrogen) atoms. The van der Waals surface area contributed by atoms with Crippen molar-refractivity contribution >= 4 is 11.0 Å². The highest BCUT2D eigenvalue weighted by atomic mass is 19.1. The smallest absolute Gasteiger partial charge is 0.167 e. The summed E-state index contributed by atoms with van der Waals surface area (Å²) in [5.74, 6) is -0.287. The van der Waals surface area contributed by atoms with Crippen LogP contribution in [0.3, 0.4) is 0 Å². The molecule has 5 heteroatoms. The highest BCUT2D eigenvalue weighted by Gasteiger charge is 2.06. The molecule has 1 aromatic carbocycles. The van der Waals surface area contributed by atoms with E-state index in [-0.39, 0.29) is 12.4 Å². The van der Waals surface area contributed by atoms with Gasteiger partial charge in [-0.1, -0.05) is 0 Å². The largest absolute Gasteiger partial charge is 0.489 e. The fraction of sp³-hybridized carbons (Fsp3) is 0.200. The van der Waals surface area contributed by atoms with E-state index in [4.69, 9.17) is 10.5 Å². The molecule has 0 saturated heterocycles. The molecule has 0 aliphatic rings. The number of ether oxygens (including phenoxy) is 1. The molecule has 4 nitrogen and oxygen atoms in total. The summed E-state index contributed by atoms with van der Waals surface area (Å²) in [6.07, 6.45) is 3.06. The molecule has 0 fully saturated rings. The Balaban J connectivity index is 2.43. The van der Waals surface area contributed by atoms with Gasteiger partial charge in [0.2, 0.25) is 0 Å². The Morgan fingerprint density at radius 1 is 1.20 bits per heavy atom. The van der Waals surface area contributed by atoms with E-state index in [2.05, 4.69) is 9.97 Å². The number of hydrogen-bond donors (Lipinski definition) is 1. The van der Waals surface area contributed by atoms with Crippen molar-refractivity contribution in [2.45, 2.75) is 0 Å². The Hall–Kier alpha value is -1.75. The molecule has 0 bridgehead atoms. The average Bonchev–Trinajstić information content (AvgIpc) is 2.26. The zero-order valence-corrected chi connectivity index (χ0v) is 7.98. The minimum Gasteiger partial charge on any atom is -0.489 e. The van der Waals surface area contributed by atoms with Crippen LogP contribution in [-0.4, -0.2) is 23.1 Å². The van der Waals surface area contributed by atoms with Gasteiger partial charge in [0.1, 0.15) is 6.61 Å². The molecule has 0 amide bonds. The molecular weight excluding hydrogens is 197 g/mol. The second-order valence-corrected chi connectivity index (χ2v) is 2.96. The molecule has 2 rings (SSSR count). The van der Waals surface area contributed by atoms with E-state index in [0.717, 1.165) is 0 Å². The van der Waals surface area contributed by atoms with Gasteiger partial charge in [-0.15, -0.1) is 0 Å². The SMILES string of the molecule is NCCOc1cc2nccnc2cc1F. The maximum atomic E-state index is 13.4. The van der Waals surface area contributed by atoms with Gasteiger partial charge in [0.25, 0.3) is 0 Å². The van der Waals surface area contributed by atoms with Gasteiger partial charge in [-0.05, 0) is 0 Å². The second-order valence-electron chi connectivity index (χ2n) is 2.96. The molecule has 0 aliphatic heterocycles. The first-order valence-electron chi connectivity index (χ1n) is 4.54. The summed E-state index contributed by atoms with van der Waals surface area (Å²) in [6, 6.07) is 2.82. The van der Waals surface area contributed by atoms with Crippen LogP contribution in [0.1, 0.15) is 0 Å². The Morgan fingerprint density at radius 2 is 1.87 bits per heavy atom. The van der Waals surface area contributed by atoms with Crippen molar-refractivity contribution in [1.82, 2.24) is 9.97 Å². The number of hydrogen-bond acceptors (Lipinski definition) is 4. The lowest BCUT2D eigenvalue weighted by Gasteiger charge is -2.06. The minimum atomic E-state index is -0.448. The molecule has 0 spiro atoms. The van der Waals surface area contributed by atoms with Crippen LogP contribution >= 0.6 is 0 Å². The van der Waals surface area contributed by atoms with Crippen LogP contribution in [0.5, 0.6) is 5.75 Å². The third kappa shape index (κ3) is 2.02. The van der Waals surface area contributed by atoms with E-state index in [1.165, 1.54) is 18.3 Å². The number of benzene rings is 1. The fourth-order valence-corrected chi connectivity index (χ4v) is 1.25. The average molecular weight is 207 g/mol. The van der Waals surface area contributed by atoms with Crippen molar-refractivity contribution < 1.29 is 9.13 Å². The van der Waals surface area contributed by atoms with Gasteiger partial charge >= 0.3 is 0 Å². The number of nitrogens with two attached hydrogens (primary N) is 1. The summed E-state index contributed by atoms with van der Waals surface area (Å²) in [4.78, 5) is 8.03. The molecule has 0 atom stereocenters. The van der Waals surface area contributed by atoms with Crippen molar-refractivity contribution in [2.75, 3.05) is 13.2 Å². The van der Waals surface area contributed by atoms with Gasteiger partial charge in [0, 0.05) is 31.1 Å². The molecule has 0 radical (unpaired) electrons. The van der Waals surface area contributed by atoms with Gasteiger partial charge in [0.05, 0.1) is 11.0 Å². The summed E-state index contributed by atoms with van der Waals surface area (Å²) in [5, 5.41) is 0. The quantitative estimate of drug-likeness (QED) is 0.818. The van der Waals surface area contributed by atoms with Crippen LogP contribution in [-0.2, 0) is 0 Å². The van der Waals surface area contributed by atoms with Crippen LogP contribution in [0.2, 0.25) is 0 Å². The van der Waals surface area contributed by atoms with Gasteiger partial charge in [-0.2, -0.15) is 0 Å². The second kappa shape index (κ2) is 4.18. The standard InChI is InChI=1S/C10H10FN3O/c11-7-5-8-9(14-3-2-13-8)6-10(7)15-4-1-12/h2-3,5-6H,1,4,12H2. The first-order chi connectivity index (χ1) is 7.31. The Bertz CT molecular complexity index is 475. The summed E-state index contributed by atoms with van der Waals surface area (Å²) < 4.78 is 18.5. The minimum absolute atomic E-state index is 0.161. The normalized spacial score (nSPS) is 10.5. The predicted molar refractivity (Wildman–Crippen MR) is 54.0 cm³/mol. The van der Waals surface area contributed by atoms with Crippen LogP contribution < -0.4 is 10.5 Å². The highest BCUT2D eigenvalue weighted by Crippen LogP contribution is 2.21. The van der Waals surface area contributed by atoms with Crippen molar-refractivity contribution in [3.8, 4) is 5.75 Å². The molecule has 0 unspecified atom stereocenters. The Morgan fingerprint density at radius 3 is 2.53 bits per heavy atom. The summed E-state index contributed by atoms with van der Waals surface area (Å²) in [6.45, 7) is 0.626. The van der Waals surface area contributed by atoms with E-state index in [0.29, 0.717) is 17.6 Å². The lowest BCUT2D eigenvalue weighted by molar-refractivity contribution is 0.311. The Labute approximate surface area is 85.9 Å². The summed E-state index contributed by atoms with van der Waals surface area (Å²) in [7, 11) is 0. The van der Waals surface area contributed by atoms with Crippen molar-refractivity contribution in [2.24, 2.45) is 5.73 Å². The van der Waals surface area contributed by atoms with E-state index in [9.17, 15) is 4.39 Å². The van der Waals surface area contributed by atoms with E-state index in [1.54, 1.807) is 6.20 Å². The molecule has 78 valence electrons. The lowest BCUT2D eigenvalue weighted by Crippen LogP contribution is -2.11.